The maximum absolute atomic E-state index is 5.98. The highest BCUT2D eigenvalue weighted by atomic mass is 35.5. The molecule has 0 spiro atoms. The van der Waals surface area contributed by atoms with E-state index in [1.54, 1.807) is 0 Å². The first kappa shape index (κ1) is 10.9. The van der Waals surface area contributed by atoms with E-state index in [1.165, 1.54) is 5.56 Å². The molecule has 19 heavy (non-hydrogen) atoms. The molecule has 0 bridgehead atoms. The number of H-pyrrole nitrogens is 1. The molecule has 1 aliphatic rings. The molecule has 4 heteroatoms. The molecule has 0 amide bonds. The van der Waals surface area contributed by atoms with Gasteiger partial charge in [0.15, 0.2) is 6.10 Å². The number of nitrogens with zero attached hydrogens (tertiary/aromatic N) is 1. The number of ether oxygens (including phenoxy) is 1. The van der Waals surface area contributed by atoms with Gasteiger partial charge in [-0.05, 0) is 29.8 Å². The minimum atomic E-state index is -0.0384. The van der Waals surface area contributed by atoms with Gasteiger partial charge >= 0.3 is 0 Å². The molecule has 1 unspecified atom stereocenters. The first-order valence-electron chi connectivity index (χ1n) is 6.19. The van der Waals surface area contributed by atoms with Crippen molar-refractivity contribution in [1.29, 1.82) is 0 Å². The van der Waals surface area contributed by atoms with Gasteiger partial charge < -0.3 is 9.72 Å². The number of fused-ring (bicyclic) bond motifs is 2. The monoisotopic (exact) mass is 270 g/mol. The summed E-state index contributed by atoms with van der Waals surface area (Å²) >= 11 is 5.98. The van der Waals surface area contributed by atoms with Gasteiger partial charge in [0.25, 0.3) is 0 Å². The highest BCUT2D eigenvalue weighted by Crippen LogP contribution is 2.35. The predicted octanol–water partition coefficient (Wildman–Crippen LogP) is 3.89. The Labute approximate surface area is 115 Å². The van der Waals surface area contributed by atoms with Crippen LogP contribution < -0.4 is 4.74 Å². The van der Waals surface area contributed by atoms with Crippen LogP contribution in [0.5, 0.6) is 5.75 Å². The summed E-state index contributed by atoms with van der Waals surface area (Å²) in [5.74, 6) is 1.81. The molecule has 0 fully saturated rings. The molecule has 2 heterocycles. The second-order valence-corrected chi connectivity index (χ2v) is 5.14. The van der Waals surface area contributed by atoms with Crippen molar-refractivity contribution in [3.8, 4) is 5.75 Å². The Balaban J connectivity index is 1.73. The molecule has 3 nitrogen and oxygen atoms in total. The molecule has 0 saturated heterocycles. The summed E-state index contributed by atoms with van der Waals surface area (Å²) in [5.41, 5.74) is 3.09. The van der Waals surface area contributed by atoms with E-state index >= 15 is 0 Å². The van der Waals surface area contributed by atoms with Crippen molar-refractivity contribution in [1.82, 2.24) is 9.97 Å². The highest BCUT2D eigenvalue weighted by molar-refractivity contribution is 6.31. The molecule has 0 radical (unpaired) electrons. The molecule has 0 saturated carbocycles. The first-order chi connectivity index (χ1) is 9.29. The molecule has 94 valence electrons. The minimum absolute atomic E-state index is 0.0384. The molecule has 4 rings (SSSR count). The van der Waals surface area contributed by atoms with Crippen molar-refractivity contribution in [2.75, 3.05) is 0 Å². The Morgan fingerprint density at radius 1 is 1.21 bits per heavy atom. The fourth-order valence-electron chi connectivity index (χ4n) is 2.49. The number of halogens is 1. The number of aromatic nitrogens is 2. The third kappa shape index (κ3) is 1.78. The van der Waals surface area contributed by atoms with E-state index in [2.05, 4.69) is 16.0 Å². The van der Waals surface area contributed by atoms with Crippen molar-refractivity contribution < 1.29 is 4.74 Å². The van der Waals surface area contributed by atoms with Crippen LogP contribution in [0.15, 0.2) is 42.5 Å². The normalized spacial score (nSPS) is 17.4. The van der Waals surface area contributed by atoms with Crippen molar-refractivity contribution in [3.63, 3.8) is 0 Å². The number of para-hydroxylation sites is 1. The van der Waals surface area contributed by atoms with Gasteiger partial charge in [-0.15, -0.1) is 0 Å². The van der Waals surface area contributed by atoms with Gasteiger partial charge in [-0.25, -0.2) is 4.98 Å². The molecule has 2 aromatic carbocycles. The van der Waals surface area contributed by atoms with E-state index in [0.29, 0.717) is 5.02 Å². The van der Waals surface area contributed by atoms with E-state index in [0.717, 1.165) is 29.0 Å². The largest absolute Gasteiger partial charge is 0.482 e. The number of hydrogen-bond donors (Lipinski definition) is 1. The number of rotatable bonds is 1. The van der Waals surface area contributed by atoms with E-state index < -0.39 is 0 Å². The van der Waals surface area contributed by atoms with Gasteiger partial charge in [0.1, 0.15) is 11.6 Å². The Kier molecular flexibility index (Phi) is 2.29. The summed E-state index contributed by atoms with van der Waals surface area (Å²) in [6, 6.07) is 13.8. The standard InChI is InChI=1S/C15H11ClN2O/c16-10-5-6-11-12(8-10)18-15(17-11)14-7-9-3-1-2-4-13(9)19-14/h1-6,8,14H,7H2,(H,17,18). The Bertz CT molecular complexity index is 741. The maximum Gasteiger partial charge on any atom is 0.160 e. The zero-order valence-corrected chi connectivity index (χ0v) is 10.8. The van der Waals surface area contributed by atoms with Crippen LogP contribution in [0.2, 0.25) is 5.02 Å². The number of nitrogens with one attached hydrogen (secondary N) is 1. The molecule has 1 aliphatic heterocycles. The molecule has 1 atom stereocenters. The second-order valence-electron chi connectivity index (χ2n) is 4.70. The van der Waals surface area contributed by atoms with Gasteiger partial charge in [-0.1, -0.05) is 29.8 Å². The van der Waals surface area contributed by atoms with Crippen LogP contribution in [0.1, 0.15) is 17.5 Å². The van der Waals surface area contributed by atoms with Crippen LogP contribution in [0.3, 0.4) is 0 Å². The summed E-state index contributed by atoms with van der Waals surface area (Å²) in [5, 5.41) is 0.707. The summed E-state index contributed by atoms with van der Waals surface area (Å²) in [4.78, 5) is 7.87. The smallest absolute Gasteiger partial charge is 0.160 e. The molecule has 3 aromatic rings. The number of benzene rings is 2. The van der Waals surface area contributed by atoms with E-state index in [9.17, 15) is 0 Å². The van der Waals surface area contributed by atoms with Crippen molar-refractivity contribution >= 4 is 22.6 Å². The molecular formula is C15H11ClN2O. The summed E-state index contributed by atoms with van der Waals surface area (Å²) in [6.07, 6.45) is 0.813. The van der Waals surface area contributed by atoms with E-state index in [1.807, 2.05) is 36.4 Å². The van der Waals surface area contributed by atoms with Crippen LogP contribution in [0.4, 0.5) is 0 Å². The fraction of sp³-hybridized carbons (Fsp3) is 0.133. The molecule has 1 N–H and O–H groups in total. The summed E-state index contributed by atoms with van der Waals surface area (Å²) in [6.45, 7) is 0. The SMILES string of the molecule is Clc1ccc2nc(C3Cc4ccccc4O3)[nH]c2c1. The van der Waals surface area contributed by atoms with Crippen LogP contribution in [-0.2, 0) is 6.42 Å². The summed E-state index contributed by atoms with van der Waals surface area (Å²) < 4.78 is 5.93. The molecule has 0 aliphatic carbocycles. The van der Waals surface area contributed by atoms with Gasteiger partial charge in [0.05, 0.1) is 11.0 Å². The Hall–Kier alpha value is -2.00. The lowest BCUT2D eigenvalue weighted by Gasteiger charge is -2.06. The van der Waals surface area contributed by atoms with Crippen LogP contribution in [0, 0.1) is 0 Å². The predicted molar refractivity (Wildman–Crippen MR) is 74.6 cm³/mol. The zero-order valence-electron chi connectivity index (χ0n) is 10.1. The van der Waals surface area contributed by atoms with Gasteiger partial charge in [0, 0.05) is 11.4 Å². The first-order valence-corrected chi connectivity index (χ1v) is 6.57. The summed E-state index contributed by atoms with van der Waals surface area (Å²) in [7, 11) is 0. The minimum Gasteiger partial charge on any atom is -0.482 e. The van der Waals surface area contributed by atoms with Crippen LogP contribution in [-0.4, -0.2) is 9.97 Å². The third-order valence-electron chi connectivity index (χ3n) is 3.41. The van der Waals surface area contributed by atoms with Crippen LogP contribution >= 0.6 is 11.6 Å². The van der Waals surface area contributed by atoms with Gasteiger partial charge in [-0.3, -0.25) is 0 Å². The number of imidazole rings is 1. The van der Waals surface area contributed by atoms with Crippen LogP contribution in [0.25, 0.3) is 11.0 Å². The lowest BCUT2D eigenvalue weighted by atomic mass is 10.1. The Morgan fingerprint density at radius 3 is 3.00 bits per heavy atom. The lowest BCUT2D eigenvalue weighted by Crippen LogP contribution is -2.05. The average Bonchev–Trinajstić information content (AvgIpc) is 3.00. The maximum atomic E-state index is 5.98. The van der Waals surface area contributed by atoms with E-state index in [-0.39, 0.29) is 6.10 Å². The van der Waals surface area contributed by atoms with Crippen molar-refractivity contribution in [3.05, 3.63) is 58.9 Å². The third-order valence-corrected chi connectivity index (χ3v) is 3.65. The number of aromatic amines is 1. The topological polar surface area (TPSA) is 37.9 Å². The van der Waals surface area contributed by atoms with Crippen molar-refractivity contribution in [2.24, 2.45) is 0 Å². The fourth-order valence-corrected chi connectivity index (χ4v) is 2.66. The average molecular weight is 271 g/mol. The van der Waals surface area contributed by atoms with Gasteiger partial charge in [-0.2, -0.15) is 0 Å². The molecule has 1 aromatic heterocycles. The zero-order chi connectivity index (χ0) is 12.8. The van der Waals surface area contributed by atoms with E-state index in [4.69, 9.17) is 16.3 Å². The second kappa shape index (κ2) is 4.00. The van der Waals surface area contributed by atoms with Crippen molar-refractivity contribution in [2.45, 2.75) is 12.5 Å². The highest BCUT2D eigenvalue weighted by Gasteiger charge is 2.26. The lowest BCUT2D eigenvalue weighted by molar-refractivity contribution is 0.229. The number of hydrogen-bond acceptors (Lipinski definition) is 2. The molecular weight excluding hydrogens is 260 g/mol. The quantitative estimate of drug-likeness (QED) is 0.728. The Morgan fingerprint density at radius 2 is 2.11 bits per heavy atom. The van der Waals surface area contributed by atoms with Gasteiger partial charge in [0.2, 0.25) is 0 Å².